The third-order valence-corrected chi connectivity index (χ3v) is 4.95. The first-order valence-electron chi connectivity index (χ1n) is 8.47. The van der Waals surface area contributed by atoms with Gasteiger partial charge in [0.25, 0.3) is 5.91 Å². The Kier molecular flexibility index (Phi) is 4.14. The van der Waals surface area contributed by atoms with Crippen molar-refractivity contribution in [1.29, 1.82) is 0 Å². The summed E-state index contributed by atoms with van der Waals surface area (Å²) in [5, 5.41) is 6.44. The Bertz CT molecular complexity index is 801. The molecule has 0 radical (unpaired) electrons. The van der Waals surface area contributed by atoms with E-state index < -0.39 is 11.9 Å². The second-order valence-electron chi connectivity index (χ2n) is 6.79. The molecule has 3 N–H and O–H groups in total. The van der Waals surface area contributed by atoms with E-state index in [2.05, 4.69) is 15.6 Å². The summed E-state index contributed by atoms with van der Waals surface area (Å²) in [7, 11) is 0. The van der Waals surface area contributed by atoms with E-state index >= 15 is 0 Å². The molecule has 2 fully saturated rings. The van der Waals surface area contributed by atoms with Crippen LogP contribution in [0.5, 0.6) is 11.6 Å². The molecular weight excluding hydrogens is 347 g/mol. The van der Waals surface area contributed by atoms with Crippen LogP contribution in [0, 0.1) is 5.92 Å². The second kappa shape index (κ2) is 6.35. The fourth-order valence-corrected chi connectivity index (χ4v) is 3.67. The first-order valence-corrected chi connectivity index (χ1v) is 8.47. The number of H-pyrrole nitrogens is 1. The van der Waals surface area contributed by atoms with Crippen molar-refractivity contribution in [2.75, 3.05) is 6.54 Å². The van der Waals surface area contributed by atoms with Gasteiger partial charge in [0, 0.05) is 23.7 Å². The Labute approximate surface area is 147 Å². The van der Waals surface area contributed by atoms with E-state index in [4.69, 9.17) is 4.74 Å². The Morgan fingerprint density at radius 1 is 1.12 bits per heavy atom. The van der Waals surface area contributed by atoms with E-state index in [0.717, 1.165) is 25.5 Å². The number of amides is 1. The summed E-state index contributed by atoms with van der Waals surface area (Å²) in [6.45, 7) is 1.03. The van der Waals surface area contributed by atoms with Crippen LogP contribution in [0.15, 0.2) is 36.4 Å². The molecule has 0 spiro atoms. The number of alkyl halides is 3. The van der Waals surface area contributed by atoms with Gasteiger partial charge in [-0.2, -0.15) is 13.2 Å². The SMILES string of the molecule is O=C(NC1CC2CNC1C2)c1ccc(Oc2ccc(C(F)(F)F)[nH]2)cc1. The Morgan fingerprint density at radius 3 is 2.46 bits per heavy atom. The van der Waals surface area contributed by atoms with Crippen LogP contribution in [0.4, 0.5) is 13.2 Å². The lowest BCUT2D eigenvalue weighted by Gasteiger charge is -2.24. The van der Waals surface area contributed by atoms with Crippen molar-refractivity contribution in [3.05, 3.63) is 47.7 Å². The van der Waals surface area contributed by atoms with Crippen LogP contribution >= 0.6 is 0 Å². The standard InChI is InChI=1S/C18H18F3N3O2/c19-18(20,21)15-5-6-16(24-15)26-12-3-1-11(2-4-12)17(25)23-14-8-10-7-13(14)22-9-10/h1-6,10,13-14,22,24H,7-9H2,(H,23,25). The third-order valence-electron chi connectivity index (χ3n) is 4.95. The third kappa shape index (κ3) is 3.41. The van der Waals surface area contributed by atoms with E-state index in [1.54, 1.807) is 24.3 Å². The quantitative estimate of drug-likeness (QED) is 0.779. The normalized spacial score (nSPS) is 24.7. The van der Waals surface area contributed by atoms with E-state index in [1.807, 2.05) is 0 Å². The average molecular weight is 365 g/mol. The van der Waals surface area contributed by atoms with Gasteiger partial charge in [-0.3, -0.25) is 4.79 Å². The number of rotatable bonds is 4. The molecule has 1 aromatic carbocycles. The van der Waals surface area contributed by atoms with E-state index in [9.17, 15) is 18.0 Å². The Balaban J connectivity index is 1.37. The number of hydrogen-bond donors (Lipinski definition) is 3. The van der Waals surface area contributed by atoms with Crippen LogP contribution in [-0.2, 0) is 6.18 Å². The van der Waals surface area contributed by atoms with Gasteiger partial charge in [0.05, 0.1) is 0 Å². The summed E-state index contributed by atoms with van der Waals surface area (Å²) in [6, 6.07) is 8.94. The molecule has 3 atom stereocenters. The largest absolute Gasteiger partial charge is 0.441 e. The van der Waals surface area contributed by atoms with E-state index in [0.29, 0.717) is 23.3 Å². The lowest BCUT2D eigenvalue weighted by Crippen LogP contribution is -2.47. The summed E-state index contributed by atoms with van der Waals surface area (Å²) in [6.07, 6.45) is -2.34. The zero-order valence-electron chi connectivity index (χ0n) is 13.8. The first-order chi connectivity index (χ1) is 12.4. The lowest BCUT2D eigenvalue weighted by atomic mass is 10.1. The van der Waals surface area contributed by atoms with Crippen molar-refractivity contribution in [2.24, 2.45) is 5.92 Å². The number of fused-ring (bicyclic) bond motifs is 2. The highest BCUT2D eigenvalue weighted by molar-refractivity contribution is 5.94. The fraction of sp³-hybridized carbons (Fsp3) is 0.389. The zero-order valence-corrected chi connectivity index (χ0v) is 13.8. The van der Waals surface area contributed by atoms with Crippen molar-refractivity contribution in [1.82, 2.24) is 15.6 Å². The number of ether oxygens (including phenoxy) is 1. The predicted octanol–water partition coefficient (Wildman–Crippen LogP) is 3.31. The van der Waals surface area contributed by atoms with Gasteiger partial charge in [-0.05, 0) is 55.6 Å². The minimum absolute atomic E-state index is 0.0115. The molecule has 1 saturated carbocycles. The maximum atomic E-state index is 12.6. The summed E-state index contributed by atoms with van der Waals surface area (Å²) in [4.78, 5) is 14.5. The topological polar surface area (TPSA) is 66.2 Å². The van der Waals surface area contributed by atoms with Gasteiger partial charge in [-0.15, -0.1) is 0 Å². The molecule has 3 unspecified atom stereocenters. The molecule has 1 aromatic heterocycles. The van der Waals surface area contributed by atoms with Crippen molar-refractivity contribution in [3.63, 3.8) is 0 Å². The summed E-state index contributed by atoms with van der Waals surface area (Å²) < 4.78 is 43.1. The molecule has 4 rings (SSSR count). The maximum Gasteiger partial charge on any atom is 0.431 e. The lowest BCUT2D eigenvalue weighted by molar-refractivity contribution is -0.140. The van der Waals surface area contributed by atoms with Crippen molar-refractivity contribution in [3.8, 4) is 11.6 Å². The van der Waals surface area contributed by atoms with Crippen LogP contribution in [0.25, 0.3) is 0 Å². The smallest absolute Gasteiger partial charge is 0.431 e. The molecular formula is C18H18F3N3O2. The summed E-state index contributed by atoms with van der Waals surface area (Å²) in [5.41, 5.74) is -0.384. The summed E-state index contributed by atoms with van der Waals surface area (Å²) in [5.74, 6) is 0.819. The van der Waals surface area contributed by atoms with Crippen molar-refractivity contribution < 1.29 is 22.7 Å². The van der Waals surface area contributed by atoms with Gasteiger partial charge in [0.2, 0.25) is 0 Å². The zero-order chi connectivity index (χ0) is 18.3. The second-order valence-corrected chi connectivity index (χ2v) is 6.79. The number of benzene rings is 1. The minimum Gasteiger partial charge on any atom is -0.441 e. The van der Waals surface area contributed by atoms with Crippen LogP contribution in [0.1, 0.15) is 28.9 Å². The average Bonchev–Trinajstić information content (AvgIpc) is 3.31. The molecule has 2 bridgehead atoms. The summed E-state index contributed by atoms with van der Waals surface area (Å²) >= 11 is 0. The molecule has 1 saturated heterocycles. The van der Waals surface area contributed by atoms with Crippen LogP contribution in [0.2, 0.25) is 0 Å². The number of aromatic amines is 1. The first kappa shape index (κ1) is 17.0. The molecule has 8 heteroatoms. The number of halogens is 3. The van der Waals surface area contributed by atoms with Gasteiger partial charge in [0.15, 0.2) is 5.88 Å². The van der Waals surface area contributed by atoms with Gasteiger partial charge in [-0.25, -0.2) is 0 Å². The molecule has 2 aromatic rings. The minimum atomic E-state index is -4.45. The Hall–Kier alpha value is -2.48. The Morgan fingerprint density at radius 2 is 1.88 bits per heavy atom. The number of piperidine rings is 1. The van der Waals surface area contributed by atoms with Gasteiger partial charge >= 0.3 is 6.18 Å². The highest BCUT2D eigenvalue weighted by Gasteiger charge is 2.40. The van der Waals surface area contributed by atoms with E-state index in [1.165, 1.54) is 6.07 Å². The predicted molar refractivity (Wildman–Crippen MR) is 88.1 cm³/mol. The van der Waals surface area contributed by atoms with Crippen LogP contribution in [-0.4, -0.2) is 29.5 Å². The highest BCUT2D eigenvalue weighted by Crippen LogP contribution is 2.32. The maximum absolute atomic E-state index is 12.6. The van der Waals surface area contributed by atoms with Crippen molar-refractivity contribution in [2.45, 2.75) is 31.1 Å². The highest BCUT2D eigenvalue weighted by atomic mass is 19.4. The molecule has 26 heavy (non-hydrogen) atoms. The molecule has 1 aliphatic heterocycles. The van der Waals surface area contributed by atoms with Gasteiger partial charge in [-0.1, -0.05) is 0 Å². The van der Waals surface area contributed by atoms with Crippen LogP contribution < -0.4 is 15.4 Å². The number of hydrogen-bond acceptors (Lipinski definition) is 3. The van der Waals surface area contributed by atoms with Crippen LogP contribution in [0.3, 0.4) is 0 Å². The number of carbonyl (C=O) groups excluding carboxylic acids is 1. The molecule has 2 heterocycles. The molecule has 5 nitrogen and oxygen atoms in total. The van der Waals surface area contributed by atoms with Gasteiger partial charge < -0.3 is 20.4 Å². The monoisotopic (exact) mass is 365 g/mol. The van der Waals surface area contributed by atoms with Gasteiger partial charge in [0.1, 0.15) is 11.4 Å². The van der Waals surface area contributed by atoms with E-state index in [-0.39, 0.29) is 17.8 Å². The molecule has 2 aliphatic rings. The van der Waals surface area contributed by atoms with Crippen molar-refractivity contribution >= 4 is 5.91 Å². The number of aromatic nitrogens is 1. The number of carbonyl (C=O) groups is 1. The molecule has 1 aliphatic carbocycles. The fourth-order valence-electron chi connectivity index (χ4n) is 3.67. The molecule has 1 amide bonds. The molecule has 138 valence electrons. The number of nitrogens with one attached hydrogen (secondary N) is 3.